The average Bonchev–Trinajstić information content (AvgIpc) is 2.41. The molecule has 1 aromatic carbocycles. The van der Waals surface area contributed by atoms with Crippen LogP contribution in [0.2, 0.25) is 0 Å². The molecule has 1 saturated carbocycles. The highest BCUT2D eigenvalue weighted by atomic mass is 16.5. The number of hydrogen-bond donors (Lipinski definition) is 1. The summed E-state index contributed by atoms with van der Waals surface area (Å²) in [7, 11) is 0. The molecule has 1 aromatic rings. The summed E-state index contributed by atoms with van der Waals surface area (Å²) in [5.41, 5.74) is 3.10. The lowest BCUT2D eigenvalue weighted by Gasteiger charge is -2.43. The molecule has 3 atom stereocenters. The van der Waals surface area contributed by atoms with E-state index in [-0.39, 0.29) is 0 Å². The van der Waals surface area contributed by atoms with Gasteiger partial charge in [-0.05, 0) is 56.2 Å². The van der Waals surface area contributed by atoms with Crippen LogP contribution in [-0.2, 0) is 4.74 Å². The molecule has 0 amide bonds. The van der Waals surface area contributed by atoms with Gasteiger partial charge < -0.3 is 9.84 Å². The van der Waals surface area contributed by atoms with Gasteiger partial charge in [-0.15, -0.1) is 0 Å². The van der Waals surface area contributed by atoms with Crippen molar-refractivity contribution in [1.82, 2.24) is 0 Å². The van der Waals surface area contributed by atoms with E-state index in [4.69, 9.17) is 4.74 Å². The van der Waals surface area contributed by atoms with Crippen molar-refractivity contribution in [3.63, 3.8) is 0 Å². The minimum absolute atomic E-state index is 0.395. The summed E-state index contributed by atoms with van der Waals surface area (Å²) in [5.74, 6) is 0.622. The minimum atomic E-state index is -0.524. The van der Waals surface area contributed by atoms with Gasteiger partial charge in [0, 0.05) is 6.61 Å². The van der Waals surface area contributed by atoms with E-state index in [2.05, 4.69) is 32.9 Å². The third kappa shape index (κ3) is 3.07. The zero-order chi connectivity index (χ0) is 14.8. The summed E-state index contributed by atoms with van der Waals surface area (Å²) in [6.07, 6.45) is 3.77. The summed E-state index contributed by atoms with van der Waals surface area (Å²) < 4.78 is 6.08. The number of rotatable bonds is 4. The van der Waals surface area contributed by atoms with Crippen LogP contribution in [0.15, 0.2) is 18.2 Å². The molecule has 0 aromatic heterocycles. The number of ether oxygens (including phenoxy) is 1. The molecule has 2 heteroatoms. The second-order valence-electron chi connectivity index (χ2n) is 6.45. The van der Waals surface area contributed by atoms with Crippen LogP contribution in [0.5, 0.6) is 0 Å². The Balaban J connectivity index is 2.30. The fourth-order valence-corrected chi connectivity index (χ4v) is 3.53. The van der Waals surface area contributed by atoms with Crippen molar-refractivity contribution in [3.05, 3.63) is 34.9 Å². The number of hydrogen-bond acceptors (Lipinski definition) is 2. The summed E-state index contributed by atoms with van der Waals surface area (Å²) in [5, 5.41) is 10.9. The zero-order valence-electron chi connectivity index (χ0n) is 13.3. The van der Waals surface area contributed by atoms with Crippen molar-refractivity contribution in [3.8, 4) is 0 Å². The molecule has 0 spiro atoms. The van der Waals surface area contributed by atoms with Gasteiger partial charge >= 0.3 is 0 Å². The van der Waals surface area contributed by atoms with E-state index in [9.17, 15) is 5.11 Å². The van der Waals surface area contributed by atoms with Crippen LogP contribution >= 0.6 is 0 Å². The Morgan fingerprint density at radius 2 is 2.10 bits per heavy atom. The Morgan fingerprint density at radius 1 is 1.35 bits per heavy atom. The first-order valence-electron chi connectivity index (χ1n) is 7.87. The highest BCUT2D eigenvalue weighted by Gasteiger charge is 2.42. The Hall–Kier alpha value is -0.860. The molecule has 0 heterocycles. The van der Waals surface area contributed by atoms with E-state index in [0.717, 1.165) is 24.8 Å². The molecule has 0 aliphatic heterocycles. The third-order valence-electron chi connectivity index (χ3n) is 4.77. The molecule has 3 unspecified atom stereocenters. The van der Waals surface area contributed by atoms with E-state index in [1.807, 2.05) is 13.0 Å². The van der Waals surface area contributed by atoms with Crippen molar-refractivity contribution in [2.45, 2.75) is 65.1 Å². The fourth-order valence-electron chi connectivity index (χ4n) is 3.53. The van der Waals surface area contributed by atoms with Gasteiger partial charge in [0.05, 0.1) is 5.60 Å². The molecule has 0 saturated heterocycles. The molecule has 1 aliphatic rings. The molecule has 1 fully saturated rings. The summed E-state index contributed by atoms with van der Waals surface area (Å²) in [6.45, 7) is 9.15. The first-order valence-corrected chi connectivity index (χ1v) is 7.87. The van der Waals surface area contributed by atoms with Crippen LogP contribution in [0, 0.1) is 19.8 Å². The highest BCUT2D eigenvalue weighted by Crippen LogP contribution is 2.43. The van der Waals surface area contributed by atoms with Gasteiger partial charge in [-0.25, -0.2) is 0 Å². The van der Waals surface area contributed by atoms with Crippen molar-refractivity contribution < 1.29 is 9.84 Å². The maximum atomic E-state index is 10.9. The summed E-state index contributed by atoms with van der Waals surface area (Å²) in [4.78, 5) is 0. The summed E-state index contributed by atoms with van der Waals surface area (Å²) in [6, 6.07) is 6.26. The third-order valence-corrected chi connectivity index (χ3v) is 4.77. The van der Waals surface area contributed by atoms with Gasteiger partial charge in [0.25, 0.3) is 0 Å². The quantitative estimate of drug-likeness (QED) is 0.887. The van der Waals surface area contributed by atoms with Gasteiger partial charge in [0.15, 0.2) is 0 Å². The van der Waals surface area contributed by atoms with Crippen LogP contribution in [0.25, 0.3) is 0 Å². The lowest BCUT2D eigenvalue weighted by Crippen LogP contribution is -2.43. The van der Waals surface area contributed by atoms with E-state index in [0.29, 0.717) is 12.5 Å². The van der Waals surface area contributed by atoms with E-state index in [1.54, 1.807) is 0 Å². The predicted molar refractivity (Wildman–Crippen MR) is 82.9 cm³/mol. The van der Waals surface area contributed by atoms with Crippen molar-refractivity contribution in [2.24, 2.45) is 5.92 Å². The predicted octanol–water partition coefficient (Wildman–Crippen LogP) is 4.32. The Kier molecular flexibility index (Phi) is 4.87. The maximum Gasteiger partial charge on any atom is 0.108 e. The normalized spacial score (nSPS) is 28.4. The SMILES string of the molecule is CCOC1(C(O)c2ccc(C)c(C)c2)CCCC(C)C1. The van der Waals surface area contributed by atoms with Crippen LogP contribution in [-0.4, -0.2) is 17.3 Å². The van der Waals surface area contributed by atoms with Crippen LogP contribution in [0.1, 0.15) is 62.3 Å². The molecular weight excluding hydrogens is 248 g/mol. The summed E-state index contributed by atoms with van der Waals surface area (Å²) >= 11 is 0. The lowest BCUT2D eigenvalue weighted by atomic mass is 9.73. The van der Waals surface area contributed by atoms with Gasteiger partial charge in [0.1, 0.15) is 6.10 Å². The highest BCUT2D eigenvalue weighted by molar-refractivity contribution is 5.32. The molecule has 112 valence electrons. The Labute approximate surface area is 123 Å². The molecule has 0 radical (unpaired) electrons. The first kappa shape index (κ1) is 15.5. The van der Waals surface area contributed by atoms with Crippen molar-refractivity contribution in [2.75, 3.05) is 6.61 Å². The molecule has 0 bridgehead atoms. The standard InChI is InChI=1S/C18H28O2/c1-5-20-18(10-6-7-13(2)12-18)17(19)16-9-8-14(3)15(4)11-16/h8-9,11,13,17,19H,5-7,10,12H2,1-4H3. The van der Waals surface area contributed by atoms with Crippen molar-refractivity contribution in [1.29, 1.82) is 0 Å². The van der Waals surface area contributed by atoms with E-state index < -0.39 is 11.7 Å². The van der Waals surface area contributed by atoms with Crippen LogP contribution < -0.4 is 0 Å². The topological polar surface area (TPSA) is 29.5 Å². The number of aliphatic hydroxyl groups excluding tert-OH is 1. The number of aliphatic hydroxyl groups is 1. The largest absolute Gasteiger partial charge is 0.385 e. The smallest absolute Gasteiger partial charge is 0.108 e. The molecular formula is C18H28O2. The Bertz CT molecular complexity index is 451. The number of aryl methyl sites for hydroxylation is 2. The molecule has 2 nitrogen and oxygen atoms in total. The fraction of sp³-hybridized carbons (Fsp3) is 0.667. The van der Waals surface area contributed by atoms with Gasteiger partial charge in [0.2, 0.25) is 0 Å². The van der Waals surface area contributed by atoms with E-state index in [1.165, 1.54) is 17.5 Å². The Morgan fingerprint density at radius 3 is 2.70 bits per heavy atom. The zero-order valence-corrected chi connectivity index (χ0v) is 13.3. The lowest BCUT2D eigenvalue weighted by molar-refractivity contribution is -0.150. The second-order valence-corrected chi connectivity index (χ2v) is 6.45. The molecule has 2 rings (SSSR count). The van der Waals surface area contributed by atoms with Gasteiger partial charge in [-0.1, -0.05) is 38.0 Å². The molecule has 1 aliphatic carbocycles. The van der Waals surface area contributed by atoms with Gasteiger partial charge in [-0.3, -0.25) is 0 Å². The van der Waals surface area contributed by atoms with Gasteiger partial charge in [-0.2, -0.15) is 0 Å². The molecule has 1 N–H and O–H groups in total. The minimum Gasteiger partial charge on any atom is -0.385 e. The van der Waals surface area contributed by atoms with Crippen LogP contribution in [0.4, 0.5) is 0 Å². The van der Waals surface area contributed by atoms with E-state index >= 15 is 0 Å². The monoisotopic (exact) mass is 276 g/mol. The second kappa shape index (κ2) is 6.28. The van der Waals surface area contributed by atoms with Crippen LogP contribution in [0.3, 0.4) is 0 Å². The molecule has 20 heavy (non-hydrogen) atoms. The van der Waals surface area contributed by atoms with Crippen molar-refractivity contribution >= 4 is 0 Å². The number of benzene rings is 1. The maximum absolute atomic E-state index is 10.9. The average molecular weight is 276 g/mol. The first-order chi connectivity index (χ1) is 9.48.